The number of imidazole rings is 1. The number of aromatic nitrogens is 5. The molecule has 0 radical (unpaired) electrons. The molecule has 4 aromatic heterocycles. The molecule has 2 fully saturated rings. The number of aryl methyl sites for hydroxylation is 2. The number of benzene rings is 3. The molecule has 3 amide bonds. The molecule has 2 aliphatic rings. The minimum Gasteiger partial charge on any atom is -0.391 e. The molecule has 1 saturated carbocycles. The van der Waals surface area contributed by atoms with Gasteiger partial charge in [0.2, 0.25) is 17.7 Å². The Morgan fingerprint density at radius 2 is 1.66 bits per heavy atom. The van der Waals surface area contributed by atoms with Crippen LogP contribution in [0.1, 0.15) is 81.7 Å². The Morgan fingerprint density at radius 3 is 2.36 bits per heavy atom. The van der Waals surface area contributed by atoms with Gasteiger partial charge in [0.15, 0.2) is 17.3 Å². The number of thiazole rings is 1. The first-order chi connectivity index (χ1) is 36.5. The summed E-state index contributed by atoms with van der Waals surface area (Å²) in [7, 11) is 0. The van der Waals surface area contributed by atoms with E-state index in [1.807, 2.05) is 105 Å². The number of nitrogen functional groups attached to an aromatic ring is 1. The molecule has 5 heterocycles. The maximum absolute atomic E-state index is 14.0. The number of Topliss-reactive ketones (excluding diaryl/α,β-unsaturated/α-hetero) is 1. The monoisotopic (exact) mass is 1050 g/mol. The van der Waals surface area contributed by atoms with E-state index in [1.165, 1.54) is 4.90 Å². The second-order valence-corrected chi connectivity index (χ2v) is 21.8. The van der Waals surface area contributed by atoms with E-state index in [-0.39, 0.29) is 63.2 Å². The average molecular weight is 1050 g/mol. The molecule has 1 saturated heterocycles. The summed E-state index contributed by atoms with van der Waals surface area (Å²) in [5, 5.41) is 16.3. The molecule has 7 aromatic rings. The van der Waals surface area contributed by atoms with E-state index in [1.54, 1.807) is 17.5 Å². The fourth-order valence-corrected chi connectivity index (χ4v) is 10.7. The van der Waals surface area contributed by atoms with Crippen molar-refractivity contribution in [3.63, 3.8) is 0 Å². The van der Waals surface area contributed by atoms with Crippen LogP contribution < -0.4 is 22.1 Å². The number of nitrogens with zero attached hydrogens (tertiary/aromatic N) is 6. The van der Waals surface area contributed by atoms with Crippen molar-refractivity contribution in [1.29, 1.82) is 0 Å². The molecule has 0 unspecified atom stereocenters. The first-order valence-electron chi connectivity index (χ1n) is 25.9. The van der Waals surface area contributed by atoms with Crippen LogP contribution in [0.15, 0.2) is 109 Å². The predicted octanol–water partition coefficient (Wildman–Crippen LogP) is 7.24. The first kappa shape index (κ1) is 53.6. The summed E-state index contributed by atoms with van der Waals surface area (Å²) >= 11 is 1.57. The van der Waals surface area contributed by atoms with Crippen LogP contribution in [-0.4, -0.2) is 109 Å². The Morgan fingerprint density at radius 1 is 0.895 bits per heavy atom. The molecule has 7 N–H and O–H groups in total. The van der Waals surface area contributed by atoms with Crippen molar-refractivity contribution in [2.45, 2.75) is 103 Å². The number of hydrogen-bond acceptors (Lipinski definition) is 14. The SMILES string of the molecule is Cc1ncsc1-c1ccc(CNC(=O)[C@@H]2C[C@@H](O)CN2C(=O)[C@@H](NC(=O)COCCOCC(=O)CCCc2cccc(-c3ccc4nc(-c5cccnc5N)n(-c5ccc(C6(N)CCC6)cc5)c4n3)c2)C(C)(C)C)cc1. The molecule has 3 aromatic carbocycles. The smallest absolute Gasteiger partial charge is 0.246 e. The molecule has 1 aliphatic heterocycles. The molecular formula is C58H66N10O7S. The minimum absolute atomic E-state index is 0.0367. The lowest BCUT2D eigenvalue weighted by Crippen LogP contribution is -2.58. The van der Waals surface area contributed by atoms with Crippen LogP contribution in [0.2, 0.25) is 0 Å². The van der Waals surface area contributed by atoms with E-state index in [0.29, 0.717) is 47.6 Å². The van der Waals surface area contributed by atoms with Crippen LogP contribution in [0.25, 0.3) is 49.9 Å². The number of β-amino-alcohol motifs (C(OH)–C–C–N with tert-alkyl or cyclic N) is 1. The Balaban J connectivity index is 0.722. The van der Waals surface area contributed by atoms with Crippen molar-refractivity contribution in [2.24, 2.45) is 11.1 Å². The molecule has 0 spiro atoms. The number of likely N-dealkylation sites (tertiary alicyclic amines) is 1. The summed E-state index contributed by atoms with van der Waals surface area (Å²) < 4.78 is 13.2. The molecule has 9 rings (SSSR count). The van der Waals surface area contributed by atoms with Gasteiger partial charge in [-0.25, -0.2) is 19.9 Å². The number of aliphatic hydroxyl groups excluding tert-OH is 1. The van der Waals surface area contributed by atoms with Gasteiger partial charge < -0.3 is 41.6 Å². The third-order valence-corrected chi connectivity index (χ3v) is 15.2. The number of pyridine rings is 2. The van der Waals surface area contributed by atoms with Crippen molar-refractivity contribution in [3.8, 4) is 38.8 Å². The van der Waals surface area contributed by atoms with Gasteiger partial charge in [-0.05, 0) is 109 Å². The third kappa shape index (κ3) is 12.4. The summed E-state index contributed by atoms with van der Waals surface area (Å²) in [5.74, 6) is -0.421. The summed E-state index contributed by atoms with van der Waals surface area (Å²) in [6.07, 6.45) is 5.52. The van der Waals surface area contributed by atoms with Crippen molar-refractivity contribution in [1.82, 2.24) is 40.0 Å². The molecule has 396 valence electrons. The van der Waals surface area contributed by atoms with Crippen molar-refractivity contribution in [2.75, 3.05) is 38.7 Å². The number of anilines is 1. The number of amides is 3. The fourth-order valence-electron chi connectivity index (χ4n) is 9.84. The lowest BCUT2D eigenvalue weighted by atomic mass is 9.73. The van der Waals surface area contributed by atoms with Crippen molar-refractivity contribution < 1.29 is 33.8 Å². The van der Waals surface area contributed by atoms with Crippen LogP contribution in [0.4, 0.5) is 5.82 Å². The molecule has 0 bridgehead atoms. The van der Waals surface area contributed by atoms with Gasteiger partial charge in [0.05, 0.1) is 46.7 Å². The van der Waals surface area contributed by atoms with Gasteiger partial charge >= 0.3 is 0 Å². The zero-order chi connectivity index (χ0) is 53.6. The molecule has 18 heteroatoms. The van der Waals surface area contributed by atoms with E-state index in [2.05, 4.69) is 50.9 Å². The fraction of sp³-hybridized carbons (Fsp3) is 0.379. The lowest BCUT2D eigenvalue weighted by Gasteiger charge is -2.38. The molecular weight excluding hydrogens is 981 g/mol. The number of ketones is 1. The zero-order valence-electron chi connectivity index (χ0n) is 43.5. The number of nitrogens with one attached hydrogen (secondary N) is 2. The van der Waals surface area contributed by atoms with Gasteiger partial charge in [-0.2, -0.15) is 0 Å². The maximum atomic E-state index is 14.0. The number of fused-ring (bicyclic) bond motifs is 1. The third-order valence-electron chi connectivity index (χ3n) is 14.3. The normalized spacial score (nSPS) is 16.6. The van der Waals surface area contributed by atoms with Crippen LogP contribution >= 0.6 is 11.3 Å². The highest BCUT2D eigenvalue weighted by Gasteiger charge is 2.44. The zero-order valence-corrected chi connectivity index (χ0v) is 44.3. The van der Waals surface area contributed by atoms with Gasteiger partial charge in [0.25, 0.3) is 0 Å². The largest absolute Gasteiger partial charge is 0.391 e. The van der Waals surface area contributed by atoms with Gasteiger partial charge in [0.1, 0.15) is 36.6 Å². The van der Waals surface area contributed by atoms with Crippen molar-refractivity contribution in [3.05, 3.63) is 131 Å². The summed E-state index contributed by atoms with van der Waals surface area (Å²) in [6, 6.07) is 30.1. The summed E-state index contributed by atoms with van der Waals surface area (Å²) in [6.45, 7) is 7.33. The molecule has 76 heavy (non-hydrogen) atoms. The van der Waals surface area contributed by atoms with Gasteiger partial charge in [0, 0.05) is 48.9 Å². The summed E-state index contributed by atoms with van der Waals surface area (Å²) in [4.78, 5) is 74.7. The van der Waals surface area contributed by atoms with Crippen LogP contribution in [0.5, 0.6) is 0 Å². The first-order valence-corrected chi connectivity index (χ1v) is 26.7. The number of carbonyl (C=O) groups excluding carboxylic acids is 4. The van der Waals surface area contributed by atoms with Gasteiger partial charge in [-0.15, -0.1) is 11.3 Å². The number of aliphatic hydroxyl groups is 1. The van der Waals surface area contributed by atoms with Gasteiger partial charge in [-0.3, -0.25) is 23.7 Å². The second-order valence-electron chi connectivity index (χ2n) is 20.9. The van der Waals surface area contributed by atoms with Crippen LogP contribution in [-0.2, 0) is 47.2 Å². The topological polar surface area (TPSA) is 243 Å². The summed E-state index contributed by atoms with van der Waals surface area (Å²) in [5.41, 5.74) is 23.6. The number of carbonyl (C=O) groups is 4. The highest BCUT2D eigenvalue weighted by molar-refractivity contribution is 7.13. The van der Waals surface area contributed by atoms with Gasteiger partial charge in [-0.1, -0.05) is 75.4 Å². The molecule has 1 aliphatic carbocycles. The minimum atomic E-state index is -1.00. The predicted molar refractivity (Wildman–Crippen MR) is 293 cm³/mol. The lowest BCUT2D eigenvalue weighted by molar-refractivity contribution is -0.144. The van der Waals surface area contributed by atoms with E-state index in [0.717, 1.165) is 69.0 Å². The van der Waals surface area contributed by atoms with E-state index in [4.69, 9.17) is 30.9 Å². The molecule has 3 atom stereocenters. The Labute approximate surface area is 446 Å². The molecule has 17 nitrogen and oxygen atoms in total. The Kier molecular flexibility index (Phi) is 16.5. The standard InChI is InChI=1S/C58H66N10O7S/c1-36-50(76-35-63-36)39-16-14-38(15-17-39)31-62-55(72)48-30-44(70)32-67(48)56(73)51(57(2,3)4)66-49(71)34-75-28-27-74-33-43(69)12-6-10-37-9-5-11-40(29-37)46-22-23-47-54(64-46)68(53(65-47)45-13-7-26-61-52(45)59)42-20-18-41(19-21-42)58(60)24-8-25-58/h5,7,9,11,13-23,26,29,35,44,48,51,70H,6,8,10,12,24-25,27-28,30-34,60H2,1-4H3,(H2,59,61)(H,62,72)(H,66,71)/t44-,48+,51-/m1/s1. The number of hydrogen-bond donors (Lipinski definition) is 5. The number of ether oxygens (including phenoxy) is 2. The highest BCUT2D eigenvalue weighted by atomic mass is 32.1. The van der Waals surface area contributed by atoms with Crippen molar-refractivity contribution >= 4 is 51.8 Å². The number of nitrogens with two attached hydrogens (primary N) is 2. The van der Waals surface area contributed by atoms with Crippen LogP contribution in [0, 0.1) is 12.3 Å². The highest BCUT2D eigenvalue weighted by Crippen LogP contribution is 2.40. The Bertz CT molecular complexity index is 3200. The quantitative estimate of drug-likeness (QED) is 0.0447. The number of rotatable bonds is 21. The van der Waals surface area contributed by atoms with E-state index < -0.39 is 35.4 Å². The Hall–Kier alpha value is -7.22. The van der Waals surface area contributed by atoms with E-state index >= 15 is 0 Å². The van der Waals surface area contributed by atoms with Crippen LogP contribution in [0.3, 0.4) is 0 Å². The average Bonchev–Trinajstić information content (AvgIpc) is 4.13. The maximum Gasteiger partial charge on any atom is 0.246 e. The second kappa shape index (κ2) is 23.3. The van der Waals surface area contributed by atoms with E-state index in [9.17, 15) is 24.3 Å².